The molecule has 0 radical (unpaired) electrons. The van der Waals surface area contributed by atoms with Crippen LogP contribution in [0.4, 0.5) is 23.0 Å². The zero-order valence-corrected chi connectivity index (χ0v) is 18.1. The number of hydrogen-bond acceptors (Lipinski definition) is 4. The molecular formula is C26H28N4. The Kier molecular flexibility index (Phi) is 4.21. The summed E-state index contributed by atoms with van der Waals surface area (Å²) in [5, 5.41) is 0. The highest BCUT2D eigenvalue weighted by molar-refractivity contribution is 5.86. The van der Waals surface area contributed by atoms with Crippen molar-refractivity contribution in [3.63, 3.8) is 0 Å². The van der Waals surface area contributed by atoms with Crippen LogP contribution in [0.5, 0.6) is 0 Å². The molecule has 0 N–H and O–H groups in total. The van der Waals surface area contributed by atoms with Crippen LogP contribution in [0, 0.1) is 5.92 Å². The van der Waals surface area contributed by atoms with Gasteiger partial charge in [0, 0.05) is 28.6 Å². The molecule has 2 aliphatic rings. The van der Waals surface area contributed by atoms with E-state index in [0.29, 0.717) is 5.92 Å². The molecule has 0 fully saturated rings. The number of aromatic nitrogens is 2. The minimum atomic E-state index is -0.0672. The summed E-state index contributed by atoms with van der Waals surface area (Å²) in [5.41, 5.74) is 4.58. The summed E-state index contributed by atoms with van der Waals surface area (Å²) in [7, 11) is 0. The molecule has 0 spiro atoms. The second-order valence-corrected chi connectivity index (χ2v) is 9.32. The van der Waals surface area contributed by atoms with E-state index in [1.807, 2.05) is 6.20 Å². The molecule has 3 heterocycles. The second kappa shape index (κ2) is 6.69. The van der Waals surface area contributed by atoms with Crippen molar-refractivity contribution in [2.45, 2.75) is 45.2 Å². The summed E-state index contributed by atoms with van der Waals surface area (Å²) in [6.07, 6.45) is 4.12. The molecule has 30 heavy (non-hydrogen) atoms. The molecule has 0 aliphatic carbocycles. The Morgan fingerprint density at radius 3 is 2.33 bits per heavy atom. The lowest BCUT2D eigenvalue weighted by atomic mass is 9.80. The van der Waals surface area contributed by atoms with Crippen LogP contribution < -0.4 is 9.80 Å². The average Bonchev–Trinajstić information content (AvgIpc) is 3.09. The molecule has 2 aromatic carbocycles. The van der Waals surface area contributed by atoms with Gasteiger partial charge in [-0.05, 0) is 23.8 Å². The van der Waals surface area contributed by atoms with Gasteiger partial charge in [-0.1, -0.05) is 70.2 Å². The van der Waals surface area contributed by atoms with Crippen LogP contribution in [0.3, 0.4) is 0 Å². The molecule has 0 amide bonds. The van der Waals surface area contributed by atoms with Gasteiger partial charge in [-0.3, -0.25) is 0 Å². The monoisotopic (exact) mass is 396 g/mol. The predicted molar refractivity (Wildman–Crippen MR) is 124 cm³/mol. The maximum atomic E-state index is 5.16. The molecule has 3 atom stereocenters. The summed E-state index contributed by atoms with van der Waals surface area (Å²) in [6, 6.07) is 19.2. The third-order valence-electron chi connectivity index (χ3n) is 6.37. The lowest BCUT2D eigenvalue weighted by Crippen LogP contribution is -2.48. The predicted octanol–water partition coefficient (Wildman–Crippen LogP) is 6.31. The third kappa shape index (κ3) is 2.67. The third-order valence-corrected chi connectivity index (χ3v) is 6.37. The normalized spacial score (nSPS) is 22.3. The number of benzene rings is 2. The summed E-state index contributed by atoms with van der Waals surface area (Å²) >= 11 is 0. The van der Waals surface area contributed by atoms with E-state index in [0.717, 1.165) is 23.0 Å². The van der Waals surface area contributed by atoms with Crippen LogP contribution in [0.15, 0.2) is 73.4 Å². The topological polar surface area (TPSA) is 32.3 Å². The van der Waals surface area contributed by atoms with Gasteiger partial charge in [0.15, 0.2) is 11.6 Å². The Labute approximate surface area is 178 Å². The van der Waals surface area contributed by atoms with Gasteiger partial charge in [-0.2, -0.15) is 0 Å². The molecule has 3 unspecified atom stereocenters. The Morgan fingerprint density at radius 2 is 1.63 bits per heavy atom. The maximum absolute atomic E-state index is 5.16. The van der Waals surface area contributed by atoms with Crippen molar-refractivity contribution in [3.8, 4) is 0 Å². The van der Waals surface area contributed by atoms with E-state index < -0.39 is 0 Å². The lowest BCUT2D eigenvalue weighted by Gasteiger charge is -2.44. The maximum Gasteiger partial charge on any atom is 0.178 e. The largest absolute Gasteiger partial charge is 0.302 e. The number of hydrogen-bond donors (Lipinski definition) is 0. The van der Waals surface area contributed by atoms with Gasteiger partial charge in [0.25, 0.3) is 0 Å². The van der Waals surface area contributed by atoms with Gasteiger partial charge in [0.2, 0.25) is 0 Å². The van der Waals surface area contributed by atoms with Gasteiger partial charge < -0.3 is 9.80 Å². The Hall–Kier alpha value is -3.14. The molecular weight excluding hydrogens is 368 g/mol. The number of para-hydroxylation sites is 2. The van der Waals surface area contributed by atoms with Crippen LogP contribution in [0.2, 0.25) is 0 Å². The zero-order valence-electron chi connectivity index (χ0n) is 18.1. The van der Waals surface area contributed by atoms with Gasteiger partial charge in [0.05, 0.1) is 11.9 Å². The molecule has 0 saturated heterocycles. The fraction of sp³-hybridized carbons (Fsp3) is 0.308. The fourth-order valence-electron chi connectivity index (χ4n) is 4.82. The van der Waals surface area contributed by atoms with E-state index in [4.69, 9.17) is 9.97 Å². The van der Waals surface area contributed by atoms with E-state index in [2.05, 4.69) is 105 Å². The number of anilines is 4. The highest BCUT2D eigenvalue weighted by atomic mass is 15.5. The lowest BCUT2D eigenvalue weighted by molar-refractivity contribution is 0.408. The smallest absolute Gasteiger partial charge is 0.178 e. The molecule has 5 rings (SSSR count). The first-order valence-corrected chi connectivity index (χ1v) is 10.6. The Balaban J connectivity index is 1.79. The van der Waals surface area contributed by atoms with Crippen molar-refractivity contribution < 1.29 is 0 Å². The summed E-state index contributed by atoms with van der Waals surface area (Å²) in [6.45, 7) is 13.0. The van der Waals surface area contributed by atoms with E-state index >= 15 is 0 Å². The van der Waals surface area contributed by atoms with Crippen molar-refractivity contribution in [2.24, 2.45) is 5.92 Å². The van der Waals surface area contributed by atoms with Crippen LogP contribution in [0.25, 0.3) is 0 Å². The zero-order chi connectivity index (χ0) is 21.0. The number of rotatable bonds is 2. The summed E-state index contributed by atoms with van der Waals surface area (Å²) in [4.78, 5) is 14.9. The van der Waals surface area contributed by atoms with Crippen molar-refractivity contribution in [1.82, 2.24) is 9.97 Å². The minimum Gasteiger partial charge on any atom is -0.302 e. The van der Waals surface area contributed by atoms with Gasteiger partial charge >= 0.3 is 0 Å². The molecule has 0 bridgehead atoms. The van der Waals surface area contributed by atoms with Gasteiger partial charge in [0.1, 0.15) is 6.17 Å². The SMILES string of the molecule is C=CC1c2ccccc2N2c3nc(C(C)(C)C)cnc3N(c3ccccc3)C2C1C. The second-order valence-electron chi connectivity index (χ2n) is 9.32. The van der Waals surface area contributed by atoms with Crippen LogP contribution in [0.1, 0.15) is 44.9 Å². The first kappa shape index (κ1) is 18.9. The quantitative estimate of drug-likeness (QED) is 0.475. The standard InChI is InChI=1S/C26H28N4/c1-6-19-17(2)25-29(18-12-8-7-9-13-18)23-24(28-22(16-27-23)26(3,4)5)30(25)21-15-11-10-14-20(19)21/h6-17,19,25H,1H2,2-5H3. The molecule has 3 aromatic rings. The van der Waals surface area contributed by atoms with E-state index in [1.165, 1.54) is 11.3 Å². The fourth-order valence-corrected chi connectivity index (χ4v) is 4.82. The number of nitrogens with zero attached hydrogens (tertiary/aromatic N) is 4. The van der Waals surface area contributed by atoms with Crippen LogP contribution in [-0.2, 0) is 5.41 Å². The van der Waals surface area contributed by atoms with Gasteiger partial charge in [-0.25, -0.2) is 9.97 Å². The number of fused-ring (bicyclic) bond motifs is 5. The Bertz CT molecular complexity index is 1100. The highest BCUT2D eigenvalue weighted by Crippen LogP contribution is 2.54. The molecule has 2 aliphatic heterocycles. The van der Waals surface area contributed by atoms with E-state index in [1.54, 1.807) is 0 Å². The molecule has 0 saturated carbocycles. The highest BCUT2D eigenvalue weighted by Gasteiger charge is 2.49. The van der Waals surface area contributed by atoms with E-state index in [-0.39, 0.29) is 17.5 Å². The van der Waals surface area contributed by atoms with Crippen molar-refractivity contribution in [3.05, 3.63) is 84.7 Å². The Morgan fingerprint density at radius 1 is 0.933 bits per heavy atom. The first-order chi connectivity index (χ1) is 14.4. The van der Waals surface area contributed by atoms with Crippen LogP contribution in [-0.4, -0.2) is 16.1 Å². The molecule has 152 valence electrons. The number of allylic oxidation sites excluding steroid dienone is 1. The van der Waals surface area contributed by atoms with Gasteiger partial charge in [-0.15, -0.1) is 6.58 Å². The summed E-state index contributed by atoms with van der Waals surface area (Å²) < 4.78 is 0. The van der Waals surface area contributed by atoms with E-state index in [9.17, 15) is 0 Å². The average molecular weight is 397 g/mol. The molecule has 4 heteroatoms. The van der Waals surface area contributed by atoms with Crippen molar-refractivity contribution in [1.29, 1.82) is 0 Å². The van der Waals surface area contributed by atoms with Crippen LogP contribution >= 0.6 is 0 Å². The van der Waals surface area contributed by atoms with Crippen molar-refractivity contribution >= 4 is 23.0 Å². The first-order valence-electron chi connectivity index (χ1n) is 10.6. The molecule has 1 aromatic heterocycles. The summed E-state index contributed by atoms with van der Waals surface area (Å²) in [5.74, 6) is 2.44. The minimum absolute atomic E-state index is 0.0672. The molecule has 4 nitrogen and oxygen atoms in total. The van der Waals surface area contributed by atoms with Crippen molar-refractivity contribution in [2.75, 3.05) is 9.80 Å².